The van der Waals surface area contributed by atoms with Crippen LogP contribution in [0.5, 0.6) is 5.75 Å². The molecule has 1 aliphatic rings. The van der Waals surface area contributed by atoms with Gasteiger partial charge in [-0.3, -0.25) is 9.36 Å². The molecule has 7 heteroatoms. The first kappa shape index (κ1) is 19.1. The molecule has 0 saturated heterocycles. The second kappa shape index (κ2) is 8.43. The van der Waals surface area contributed by atoms with Crippen LogP contribution in [0.25, 0.3) is 15.9 Å². The molecule has 3 aromatic rings. The number of ether oxygens (including phenoxy) is 2. The van der Waals surface area contributed by atoms with Gasteiger partial charge in [-0.1, -0.05) is 0 Å². The summed E-state index contributed by atoms with van der Waals surface area (Å²) in [6.07, 6.45) is 4.14. The third kappa shape index (κ3) is 4.60. The van der Waals surface area contributed by atoms with Crippen LogP contribution in [0.4, 0.5) is 0 Å². The van der Waals surface area contributed by atoms with Crippen LogP contribution in [-0.2, 0) is 11.3 Å². The lowest BCUT2D eigenvalue weighted by Crippen LogP contribution is -2.19. The van der Waals surface area contributed by atoms with Crippen molar-refractivity contribution < 1.29 is 9.47 Å². The summed E-state index contributed by atoms with van der Waals surface area (Å²) < 4.78 is 13.7. The third-order valence-electron chi connectivity index (χ3n) is 4.71. The van der Waals surface area contributed by atoms with Gasteiger partial charge < -0.3 is 14.4 Å². The van der Waals surface area contributed by atoms with E-state index in [9.17, 15) is 4.79 Å². The fourth-order valence-corrected chi connectivity index (χ4v) is 3.85. The average Bonchev–Trinajstić information content (AvgIpc) is 3.40. The summed E-state index contributed by atoms with van der Waals surface area (Å²) in [4.78, 5) is 20.5. The first-order valence-corrected chi connectivity index (χ1v) is 10.4. The second-order valence-electron chi connectivity index (χ2n) is 7.45. The van der Waals surface area contributed by atoms with E-state index in [-0.39, 0.29) is 5.56 Å². The van der Waals surface area contributed by atoms with Gasteiger partial charge in [0, 0.05) is 18.0 Å². The Kier molecular flexibility index (Phi) is 5.75. The van der Waals surface area contributed by atoms with Gasteiger partial charge >= 0.3 is 0 Å². The van der Waals surface area contributed by atoms with E-state index in [1.165, 1.54) is 24.2 Å². The van der Waals surface area contributed by atoms with Crippen LogP contribution < -0.4 is 10.3 Å². The topological polar surface area (TPSA) is 56.6 Å². The van der Waals surface area contributed by atoms with Crippen molar-refractivity contribution in [1.82, 2.24) is 14.5 Å². The number of likely N-dealkylation sites (N-methyl/N-ethyl adjacent to an activating group) is 1. The Morgan fingerprint density at radius 2 is 2.04 bits per heavy atom. The molecule has 1 saturated carbocycles. The number of hydrogen-bond donors (Lipinski definition) is 0. The summed E-state index contributed by atoms with van der Waals surface area (Å²) in [6, 6.07) is 9.49. The zero-order chi connectivity index (χ0) is 19.5. The van der Waals surface area contributed by atoms with Crippen molar-refractivity contribution >= 4 is 21.6 Å². The standard InChI is InChI=1S/C21H25N3O3S/c1-23(2)9-10-27-17-7-5-16(6-8-17)24-14-22-19-11-18(28-20(19)21(24)25)13-26-12-15-3-4-15/h5-8,11,14-15H,3-4,9-10,12-13H2,1-2H3. The molecule has 0 unspecified atom stereocenters. The molecule has 0 amide bonds. The second-order valence-corrected chi connectivity index (χ2v) is 8.59. The summed E-state index contributed by atoms with van der Waals surface area (Å²) in [5.74, 6) is 1.53. The normalized spacial score (nSPS) is 14.1. The van der Waals surface area contributed by atoms with E-state index in [1.807, 2.05) is 44.4 Å². The predicted molar refractivity (Wildman–Crippen MR) is 112 cm³/mol. The van der Waals surface area contributed by atoms with Gasteiger partial charge in [-0.2, -0.15) is 0 Å². The molecule has 28 heavy (non-hydrogen) atoms. The van der Waals surface area contributed by atoms with Crippen molar-refractivity contribution in [3.63, 3.8) is 0 Å². The fraction of sp³-hybridized carbons (Fsp3) is 0.429. The van der Waals surface area contributed by atoms with E-state index in [4.69, 9.17) is 9.47 Å². The molecular weight excluding hydrogens is 374 g/mol. The van der Waals surface area contributed by atoms with Gasteiger partial charge in [-0.15, -0.1) is 11.3 Å². The zero-order valence-electron chi connectivity index (χ0n) is 16.3. The van der Waals surface area contributed by atoms with Gasteiger partial charge in [0.15, 0.2) is 0 Å². The Morgan fingerprint density at radius 3 is 2.75 bits per heavy atom. The smallest absolute Gasteiger partial charge is 0.275 e. The Labute approximate surface area is 168 Å². The van der Waals surface area contributed by atoms with Crippen molar-refractivity contribution in [2.45, 2.75) is 19.4 Å². The number of nitrogens with zero attached hydrogens (tertiary/aromatic N) is 3. The summed E-state index contributed by atoms with van der Waals surface area (Å²) >= 11 is 1.47. The molecule has 1 aliphatic carbocycles. The Balaban J connectivity index is 1.48. The first-order valence-electron chi connectivity index (χ1n) is 9.56. The Bertz CT molecular complexity index is 990. The highest BCUT2D eigenvalue weighted by Gasteiger charge is 2.21. The first-order chi connectivity index (χ1) is 13.6. The zero-order valence-corrected chi connectivity index (χ0v) is 17.1. The van der Waals surface area contributed by atoms with E-state index >= 15 is 0 Å². The van der Waals surface area contributed by atoms with Crippen LogP contribution in [-0.4, -0.2) is 48.3 Å². The molecule has 4 rings (SSSR count). The number of hydrogen-bond acceptors (Lipinski definition) is 6. The minimum atomic E-state index is -0.0512. The Hall–Kier alpha value is -2.22. The molecular formula is C21H25N3O3S. The summed E-state index contributed by atoms with van der Waals surface area (Å²) in [7, 11) is 4.02. The highest BCUT2D eigenvalue weighted by Crippen LogP contribution is 2.30. The maximum Gasteiger partial charge on any atom is 0.275 e. The van der Waals surface area contributed by atoms with Crippen molar-refractivity contribution in [2.24, 2.45) is 5.92 Å². The maximum atomic E-state index is 12.9. The summed E-state index contributed by atoms with van der Waals surface area (Å²) in [6.45, 7) is 2.85. The van der Waals surface area contributed by atoms with E-state index < -0.39 is 0 Å². The van der Waals surface area contributed by atoms with Crippen LogP contribution in [0.15, 0.2) is 41.5 Å². The molecule has 0 bridgehead atoms. The van der Waals surface area contributed by atoms with Crippen molar-refractivity contribution in [3.05, 3.63) is 51.9 Å². The van der Waals surface area contributed by atoms with Gasteiger partial charge in [0.25, 0.3) is 5.56 Å². The molecule has 0 spiro atoms. The van der Waals surface area contributed by atoms with Crippen LogP contribution in [0.2, 0.25) is 0 Å². The van der Waals surface area contributed by atoms with Crippen molar-refractivity contribution in [3.8, 4) is 11.4 Å². The number of fused-ring (bicyclic) bond motifs is 1. The molecule has 0 N–H and O–H groups in total. The van der Waals surface area contributed by atoms with E-state index in [0.717, 1.165) is 40.9 Å². The summed E-state index contributed by atoms with van der Waals surface area (Å²) in [5.41, 5.74) is 1.46. The molecule has 6 nitrogen and oxygen atoms in total. The maximum absolute atomic E-state index is 12.9. The Morgan fingerprint density at radius 1 is 1.25 bits per heavy atom. The molecule has 2 aromatic heterocycles. The minimum absolute atomic E-state index is 0.0512. The lowest BCUT2D eigenvalue weighted by Gasteiger charge is -2.11. The lowest BCUT2D eigenvalue weighted by atomic mass is 10.3. The molecule has 1 fully saturated rings. The van der Waals surface area contributed by atoms with Crippen LogP contribution >= 0.6 is 11.3 Å². The van der Waals surface area contributed by atoms with Gasteiger partial charge in [-0.05, 0) is 63.2 Å². The van der Waals surface area contributed by atoms with Crippen LogP contribution in [0.3, 0.4) is 0 Å². The van der Waals surface area contributed by atoms with Crippen LogP contribution in [0, 0.1) is 5.92 Å². The average molecular weight is 400 g/mol. The van der Waals surface area contributed by atoms with Crippen LogP contribution in [0.1, 0.15) is 17.7 Å². The monoisotopic (exact) mass is 399 g/mol. The van der Waals surface area contributed by atoms with E-state index in [0.29, 0.717) is 17.9 Å². The molecule has 148 valence electrons. The van der Waals surface area contributed by atoms with E-state index in [1.54, 1.807) is 10.9 Å². The third-order valence-corrected chi connectivity index (χ3v) is 5.79. The molecule has 2 heterocycles. The highest BCUT2D eigenvalue weighted by molar-refractivity contribution is 7.18. The highest BCUT2D eigenvalue weighted by atomic mass is 32.1. The number of thiophene rings is 1. The number of rotatable bonds is 9. The van der Waals surface area contributed by atoms with Gasteiger partial charge in [0.2, 0.25) is 0 Å². The fourth-order valence-electron chi connectivity index (χ4n) is 2.88. The number of aromatic nitrogens is 2. The SMILES string of the molecule is CN(C)CCOc1ccc(-n2cnc3cc(COCC4CC4)sc3c2=O)cc1. The quantitative estimate of drug-likeness (QED) is 0.553. The van der Waals surface area contributed by atoms with Gasteiger partial charge in [-0.25, -0.2) is 4.98 Å². The van der Waals surface area contributed by atoms with Gasteiger partial charge in [0.05, 0.1) is 17.8 Å². The number of benzene rings is 1. The van der Waals surface area contributed by atoms with Crippen molar-refractivity contribution in [1.29, 1.82) is 0 Å². The minimum Gasteiger partial charge on any atom is -0.492 e. The molecule has 0 aliphatic heterocycles. The predicted octanol–water partition coefficient (Wildman–Crippen LogP) is 3.31. The summed E-state index contributed by atoms with van der Waals surface area (Å²) in [5, 5.41) is 0. The largest absolute Gasteiger partial charge is 0.492 e. The molecule has 0 atom stereocenters. The van der Waals surface area contributed by atoms with E-state index in [2.05, 4.69) is 9.88 Å². The molecule has 0 radical (unpaired) electrons. The lowest BCUT2D eigenvalue weighted by molar-refractivity contribution is 0.113. The van der Waals surface area contributed by atoms with Crippen molar-refractivity contribution in [2.75, 3.05) is 33.9 Å². The molecule has 1 aromatic carbocycles. The van der Waals surface area contributed by atoms with Gasteiger partial charge in [0.1, 0.15) is 23.4 Å².